The van der Waals surface area contributed by atoms with Crippen molar-refractivity contribution >= 4 is 52.4 Å². The van der Waals surface area contributed by atoms with Crippen LogP contribution in [0.15, 0.2) is 18.2 Å². The van der Waals surface area contributed by atoms with Gasteiger partial charge < -0.3 is 58.0 Å². The number of carboxylic acid groups (broad SMARTS) is 1. The van der Waals surface area contributed by atoms with Crippen LogP contribution in [0.4, 0.5) is 5.82 Å². The van der Waals surface area contributed by atoms with E-state index in [9.17, 15) is 28.8 Å². The van der Waals surface area contributed by atoms with Crippen molar-refractivity contribution in [3.8, 4) is 11.5 Å². The van der Waals surface area contributed by atoms with E-state index in [-0.39, 0.29) is 18.3 Å². The summed E-state index contributed by atoms with van der Waals surface area (Å²) in [4.78, 5) is 74.3. The van der Waals surface area contributed by atoms with Crippen LogP contribution in [0, 0.1) is 17.8 Å². The summed E-state index contributed by atoms with van der Waals surface area (Å²) in [5.74, 6) is -5.11. The molecule has 0 amide bonds. The molecule has 0 bridgehead atoms. The molecule has 6 saturated heterocycles. The molecular weight excluding hydrogens is 863 g/mol. The van der Waals surface area contributed by atoms with Crippen LogP contribution in [0.5, 0.6) is 11.5 Å². The number of cyclic esters (lactones) is 4. The first-order valence-corrected chi connectivity index (χ1v) is 22.9. The van der Waals surface area contributed by atoms with E-state index < -0.39 is 53.1 Å². The van der Waals surface area contributed by atoms with Crippen LogP contribution in [0.1, 0.15) is 103 Å². The lowest BCUT2D eigenvalue weighted by Crippen LogP contribution is -2.50. The summed E-state index contributed by atoms with van der Waals surface area (Å²) in [6.07, 6.45) is 7.90. The normalized spacial score (nSPS) is 21.5. The van der Waals surface area contributed by atoms with Gasteiger partial charge in [0.1, 0.15) is 12.2 Å². The van der Waals surface area contributed by atoms with E-state index in [0.29, 0.717) is 64.6 Å². The Kier molecular flexibility index (Phi) is 19.3. The molecule has 19 heteroatoms. The van der Waals surface area contributed by atoms with E-state index in [1.807, 2.05) is 13.1 Å². The number of anilines is 1. The van der Waals surface area contributed by atoms with Gasteiger partial charge >= 0.3 is 29.8 Å². The summed E-state index contributed by atoms with van der Waals surface area (Å²) in [6, 6.07) is 6.31. The highest BCUT2D eigenvalue weighted by molar-refractivity contribution is 6.16. The number of methoxy groups -OCH3 is 1. The number of aliphatic carboxylic acids is 1. The minimum Gasteiger partial charge on any atom is -0.493 e. The van der Waals surface area contributed by atoms with Gasteiger partial charge in [-0.25, -0.2) is 4.98 Å². The Balaban J connectivity index is 0.000000186. The van der Waals surface area contributed by atoms with Gasteiger partial charge in [-0.05, 0) is 94.5 Å². The zero-order valence-corrected chi connectivity index (χ0v) is 39.1. The fraction of sp³-hybridized carbons (Fsp3) is 0.681. The van der Waals surface area contributed by atoms with E-state index in [1.54, 1.807) is 7.11 Å². The van der Waals surface area contributed by atoms with Crippen LogP contribution >= 0.6 is 0 Å². The number of ketones is 1. The van der Waals surface area contributed by atoms with Crippen LogP contribution in [0.3, 0.4) is 0 Å². The first kappa shape index (κ1) is 51.9. The molecule has 66 heavy (non-hydrogen) atoms. The average Bonchev–Trinajstić information content (AvgIpc) is 3.81. The molecule has 2 aromatic rings. The zero-order chi connectivity index (χ0) is 47.9. The molecule has 8 rings (SSSR count). The summed E-state index contributed by atoms with van der Waals surface area (Å²) in [7, 11) is 3.63. The second-order valence-corrected chi connectivity index (χ2v) is 17.7. The van der Waals surface area contributed by atoms with Gasteiger partial charge in [0.25, 0.3) is 11.6 Å². The number of carbonyl (C=O) groups is 6. The van der Waals surface area contributed by atoms with Crippen molar-refractivity contribution in [3.63, 3.8) is 0 Å². The third-order valence-electron chi connectivity index (χ3n) is 11.8. The number of nitrogens with zero attached hydrogens (tertiary/aromatic N) is 2. The summed E-state index contributed by atoms with van der Waals surface area (Å²) in [6.45, 7) is 14.0. The number of hydrogen-bond acceptors (Lipinski definition) is 18. The van der Waals surface area contributed by atoms with E-state index in [1.165, 1.54) is 59.2 Å². The Labute approximate surface area is 385 Å². The minimum atomic E-state index is -1.43. The number of carbonyl (C=O) groups excluding carboxylic acids is 5. The molecule has 1 aromatic carbocycles. The Hall–Kier alpha value is -5.11. The lowest BCUT2D eigenvalue weighted by atomic mass is 9.87. The number of pyridine rings is 1. The lowest BCUT2D eigenvalue weighted by Gasteiger charge is -2.33. The number of fused-ring (bicyclic) bond motifs is 1. The lowest BCUT2D eigenvalue weighted by molar-refractivity contribution is -0.239. The summed E-state index contributed by atoms with van der Waals surface area (Å²) in [5.41, 5.74) is 2.27. The van der Waals surface area contributed by atoms with Gasteiger partial charge in [0.05, 0.1) is 25.2 Å². The second kappa shape index (κ2) is 24.6. The molecule has 6 aliphatic heterocycles. The quantitative estimate of drug-likeness (QED) is 0.168. The van der Waals surface area contributed by atoms with Crippen molar-refractivity contribution in [2.24, 2.45) is 17.8 Å². The summed E-state index contributed by atoms with van der Waals surface area (Å²) in [5, 5.41) is 12.8. The zero-order valence-electron chi connectivity index (χ0n) is 39.1. The molecule has 19 nitrogen and oxygen atoms in total. The summed E-state index contributed by atoms with van der Waals surface area (Å²) < 4.78 is 46.7. The number of likely N-dealkylation sites (tertiary alicyclic amines) is 1. The molecule has 1 aromatic heterocycles. The largest absolute Gasteiger partial charge is 0.493 e. The van der Waals surface area contributed by atoms with Crippen molar-refractivity contribution < 1.29 is 76.5 Å². The Bertz CT molecular complexity index is 1940. The molecule has 6 aliphatic rings. The maximum atomic E-state index is 12.1. The van der Waals surface area contributed by atoms with Crippen molar-refractivity contribution in [2.45, 2.75) is 109 Å². The smallest absolute Gasteiger partial charge is 0.331 e. The van der Waals surface area contributed by atoms with Crippen molar-refractivity contribution in [2.75, 3.05) is 85.4 Å². The first-order valence-electron chi connectivity index (χ1n) is 22.9. The molecule has 6 fully saturated rings. The van der Waals surface area contributed by atoms with Crippen LogP contribution < -0.4 is 14.8 Å². The molecule has 366 valence electrons. The number of Topliss-reactive ketones (excluding diaryl/α,β-unsaturated/α-hetero) is 1. The molecule has 0 aliphatic carbocycles. The van der Waals surface area contributed by atoms with E-state index >= 15 is 0 Å². The van der Waals surface area contributed by atoms with E-state index in [4.69, 9.17) is 43.2 Å². The second-order valence-electron chi connectivity index (χ2n) is 17.7. The van der Waals surface area contributed by atoms with E-state index in [2.05, 4.69) is 31.8 Å². The third kappa shape index (κ3) is 15.5. The summed E-state index contributed by atoms with van der Waals surface area (Å²) >= 11 is 0. The maximum absolute atomic E-state index is 12.1. The Morgan fingerprint density at radius 1 is 0.758 bits per heavy atom. The number of ether oxygens (including phenoxy) is 9. The van der Waals surface area contributed by atoms with Gasteiger partial charge in [-0.1, -0.05) is 0 Å². The highest BCUT2D eigenvalue weighted by atomic mass is 16.8. The number of aromatic nitrogens is 1. The molecule has 0 radical (unpaired) electrons. The van der Waals surface area contributed by atoms with Gasteiger partial charge in [-0.15, -0.1) is 0 Å². The predicted molar refractivity (Wildman–Crippen MR) is 237 cm³/mol. The van der Waals surface area contributed by atoms with Gasteiger partial charge in [-0.3, -0.25) is 28.8 Å². The highest BCUT2D eigenvalue weighted by Gasteiger charge is 2.49. The number of rotatable bonds is 11. The molecule has 7 heterocycles. The highest BCUT2D eigenvalue weighted by Crippen LogP contribution is 2.39. The minimum absolute atomic E-state index is 0.154. The average molecular weight is 930 g/mol. The SMILES string of the molecule is CC1(C)OC(=O)C(C(=O)C2CCOCC2)C(=O)O1.CC1(C)OC(=O)CC(=O)O1.CNc1cc(C2CCOCC2)c2cc(OC)c(OCCCN3CCCC3)cc2n1.O=C(O)C1CCOCC1. The molecular formula is C47H67N3O16. The van der Waals surface area contributed by atoms with Gasteiger partial charge in [0.15, 0.2) is 17.3 Å². The molecule has 2 N–H and O–H groups in total. The molecule has 0 atom stereocenters. The van der Waals surface area contributed by atoms with Gasteiger partial charge in [-0.2, -0.15) is 0 Å². The van der Waals surface area contributed by atoms with Crippen LogP contribution in [0.2, 0.25) is 0 Å². The Morgan fingerprint density at radius 3 is 1.79 bits per heavy atom. The van der Waals surface area contributed by atoms with Gasteiger partial charge in [0, 0.05) is 98.3 Å². The number of hydrogen-bond donors (Lipinski definition) is 2. The van der Waals surface area contributed by atoms with E-state index in [0.717, 1.165) is 67.2 Å². The Morgan fingerprint density at radius 2 is 1.29 bits per heavy atom. The number of nitrogens with one attached hydrogen (secondary N) is 1. The monoisotopic (exact) mass is 929 g/mol. The third-order valence-corrected chi connectivity index (χ3v) is 11.8. The molecule has 0 spiro atoms. The molecule has 0 unspecified atom stereocenters. The fourth-order valence-electron chi connectivity index (χ4n) is 8.36. The number of carboxylic acids is 1. The molecule has 0 saturated carbocycles. The van der Waals surface area contributed by atoms with Crippen LogP contribution in [0.25, 0.3) is 10.9 Å². The van der Waals surface area contributed by atoms with Gasteiger partial charge in [0.2, 0.25) is 5.92 Å². The topological polar surface area (TPSA) is 234 Å². The standard InChI is InChI=1S/C23H33N3O3.C12H16O6.C6H8O4.C6H10O3/c1-24-23-15-18(17-6-12-28-13-7-17)19-14-21(27-2)22(16-20(19)25-23)29-11-5-10-26-8-3-4-9-26;1-12(2)17-10(14)8(11(15)18-12)9(13)7-3-5-16-6-4-7;1-6(2)9-4(7)3-5(8)10-6;7-6(8)5-1-3-9-4-2-5/h14-17H,3-13H2,1-2H3,(H,24,25);7-8H,3-6H2,1-2H3;3H2,1-2H3;5H,1-4H2,(H,7,8). The van der Waals surface area contributed by atoms with Crippen LogP contribution in [-0.4, -0.2) is 142 Å². The predicted octanol–water partition coefficient (Wildman–Crippen LogP) is 5.19. The van der Waals surface area contributed by atoms with Crippen molar-refractivity contribution in [3.05, 3.63) is 23.8 Å². The van der Waals surface area contributed by atoms with Crippen LogP contribution in [-0.2, 0) is 61.9 Å². The van der Waals surface area contributed by atoms with Crippen molar-refractivity contribution in [1.29, 1.82) is 0 Å². The number of benzene rings is 1. The maximum Gasteiger partial charge on any atom is 0.331 e. The fourth-order valence-corrected chi connectivity index (χ4v) is 8.36. The number of esters is 4. The van der Waals surface area contributed by atoms with Crippen molar-refractivity contribution in [1.82, 2.24) is 9.88 Å². The first-order chi connectivity index (χ1) is 31.5.